The van der Waals surface area contributed by atoms with Gasteiger partial charge in [-0.2, -0.15) is 0 Å². The number of anilines is 1. The van der Waals surface area contributed by atoms with Gasteiger partial charge in [0.25, 0.3) is 0 Å². The number of allylic oxidation sites excluding steroid dienone is 2. The fourth-order valence-electron chi connectivity index (χ4n) is 9.43. The molecule has 3 fully saturated rings. The number of aromatic hydroxyl groups is 1. The van der Waals surface area contributed by atoms with Crippen LogP contribution in [-0.2, 0) is 31.1 Å². The molecule has 0 radical (unpaired) electrons. The SMILES string of the molecule is O=C1[C@H]2[C@H](CC=C3[C@H]2C[C@H]2C(=O)N(c4cccc(Cl)c4)C(=O)[C@@]2(c2ccccc2)[C@H]3c2ccc(O)c3ccccc23)C(=O)N1Cc1cccs1. The molecule has 9 heteroatoms. The summed E-state index contributed by atoms with van der Waals surface area (Å²) in [5, 5.41) is 14.7. The largest absolute Gasteiger partial charge is 0.507 e. The molecule has 1 N–H and O–H groups in total. The maximum absolute atomic E-state index is 15.5. The number of phenolic OH excluding ortho intramolecular Hbond substituents is 1. The third-order valence-electron chi connectivity index (χ3n) is 11.4. The quantitative estimate of drug-likeness (QED) is 0.151. The average Bonchev–Trinajstić information content (AvgIpc) is 3.80. The van der Waals surface area contributed by atoms with Gasteiger partial charge in [-0.05, 0) is 71.0 Å². The Morgan fingerprint density at radius 3 is 2.34 bits per heavy atom. The summed E-state index contributed by atoms with van der Waals surface area (Å²) in [5.74, 6) is -4.25. The van der Waals surface area contributed by atoms with Crippen LogP contribution < -0.4 is 4.90 Å². The van der Waals surface area contributed by atoms with Crippen molar-refractivity contribution < 1.29 is 24.3 Å². The van der Waals surface area contributed by atoms with E-state index in [9.17, 15) is 19.5 Å². The first-order valence-electron chi connectivity index (χ1n) is 16.8. The van der Waals surface area contributed by atoms with Crippen molar-refractivity contribution in [3.8, 4) is 5.75 Å². The number of fused-ring (bicyclic) bond motifs is 5. The molecule has 4 aromatic carbocycles. The van der Waals surface area contributed by atoms with E-state index in [1.807, 2.05) is 78.2 Å². The van der Waals surface area contributed by atoms with E-state index >= 15 is 4.79 Å². The minimum atomic E-state index is -1.39. The molecule has 3 heterocycles. The molecule has 6 atom stereocenters. The number of benzene rings is 4. The van der Waals surface area contributed by atoms with Crippen LogP contribution in [0.1, 0.15) is 34.8 Å². The van der Waals surface area contributed by atoms with Crippen LogP contribution in [0.4, 0.5) is 5.69 Å². The highest BCUT2D eigenvalue weighted by Gasteiger charge is 2.70. The summed E-state index contributed by atoms with van der Waals surface area (Å²) >= 11 is 7.93. The third-order valence-corrected chi connectivity index (χ3v) is 12.5. The Balaban J connectivity index is 1.30. The van der Waals surface area contributed by atoms with Crippen LogP contribution in [-0.4, -0.2) is 33.6 Å². The smallest absolute Gasteiger partial charge is 0.246 e. The lowest BCUT2D eigenvalue weighted by Gasteiger charge is -2.51. The van der Waals surface area contributed by atoms with Gasteiger partial charge in [-0.3, -0.25) is 24.1 Å². The van der Waals surface area contributed by atoms with Crippen molar-refractivity contribution in [3.05, 3.63) is 141 Å². The van der Waals surface area contributed by atoms with Crippen molar-refractivity contribution in [2.45, 2.75) is 30.7 Å². The Morgan fingerprint density at radius 1 is 0.800 bits per heavy atom. The third kappa shape index (κ3) is 4.28. The highest BCUT2D eigenvalue weighted by Crippen LogP contribution is 2.65. The number of amides is 4. The molecule has 248 valence electrons. The van der Waals surface area contributed by atoms with Crippen LogP contribution in [0.3, 0.4) is 0 Å². The predicted molar refractivity (Wildman–Crippen MR) is 192 cm³/mol. The van der Waals surface area contributed by atoms with E-state index in [4.69, 9.17) is 11.6 Å². The Hall–Kier alpha value is -5.05. The molecule has 4 aliphatic rings. The van der Waals surface area contributed by atoms with Gasteiger partial charge in [-0.15, -0.1) is 11.3 Å². The molecule has 5 aromatic rings. The van der Waals surface area contributed by atoms with E-state index in [0.717, 1.165) is 21.4 Å². The van der Waals surface area contributed by atoms with Gasteiger partial charge in [-0.25, -0.2) is 4.90 Å². The number of halogens is 1. The summed E-state index contributed by atoms with van der Waals surface area (Å²) in [6.07, 6.45) is 2.64. The summed E-state index contributed by atoms with van der Waals surface area (Å²) in [4.78, 5) is 62.4. The molecule has 2 saturated heterocycles. The van der Waals surface area contributed by atoms with Gasteiger partial charge in [0.05, 0.1) is 35.4 Å². The second kappa shape index (κ2) is 11.5. The Bertz CT molecular complexity index is 2270. The number of thiophene rings is 1. The molecular formula is C41H31ClN2O5S. The monoisotopic (exact) mass is 698 g/mol. The van der Waals surface area contributed by atoms with Crippen LogP contribution in [0.5, 0.6) is 5.75 Å². The van der Waals surface area contributed by atoms with E-state index in [2.05, 4.69) is 6.08 Å². The van der Waals surface area contributed by atoms with Crippen LogP contribution in [0.15, 0.2) is 120 Å². The normalized spacial score (nSPS) is 27.4. The van der Waals surface area contributed by atoms with Gasteiger partial charge in [0.1, 0.15) is 5.75 Å². The molecule has 9 rings (SSSR count). The number of rotatable bonds is 5. The van der Waals surface area contributed by atoms with Crippen LogP contribution in [0.25, 0.3) is 10.8 Å². The van der Waals surface area contributed by atoms with Crippen molar-refractivity contribution in [1.29, 1.82) is 0 Å². The van der Waals surface area contributed by atoms with Crippen LogP contribution in [0, 0.1) is 23.7 Å². The van der Waals surface area contributed by atoms with Crippen molar-refractivity contribution in [2.24, 2.45) is 23.7 Å². The summed E-state index contributed by atoms with van der Waals surface area (Å²) in [7, 11) is 0. The van der Waals surface area contributed by atoms with Gasteiger partial charge in [0, 0.05) is 21.2 Å². The first kappa shape index (κ1) is 31.0. The van der Waals surface area contributed by atoms with Crippen LogP contribution in [0.2, 0.25) is 5.02 Å². The maximum Gasteiger partial charge on any atom is 0.246 e. The number of carbonyl (C=O) groups is 4. The van der Waals surface area contributed by atoms with Crippen LogP contribution >= 0.6 is 22.9 Å². The standard InChI is InChI=1S/C41H31ClN2O5S/c42-24-10-6-11-25(20-24)44-38(47)33-21-32-30(15-16-31-35(32)39(48)43(37(31)46)22-26-12-7-19-50-26)36(41(33,40(44)49)23-8-2-1-3-9-23)29-17-18-34(45)28-14-5-4-13-27(28)29/h1-15,17-20,31-33,35-36,45H,16,21-22H2/t31-,32+,33-,35-,36-,41+/m0/s1. The second-order valence-corrected chi connectivity index (χ2v) is 15.1. The number of imide groups is 2. The highest BCUT2D eigenvalue weighted by molar-refractivity contribution is 7.09. The molecule has 2 aliphatic heterocycles. The highest BCUT2D eigenvalue weighted by atomic mass is 35.5. The molecule has 1 saturated carbocycles. The Labute approximate surface area is 297 Å². The number of likely N-dealkylation sites (tertiary alicyclic amines) is 1. The van der Waals surface area contributed by atoms with Gasteiger partial charge in [0.2, 0.25) is 23.6 Å². The number of hydrogen-bond acceptors (Lipinski definition) is 6. The zero-order valence-corrected chi connectivity index (χ0v) is 28.3. The van der Waals surface area contributed by atoms with Gasteiger partial charge < -0.3 is 5.11 Å². The fraction of sp³-hybridized carbons (Fsp3) is 0.220. The molecular weight excluding hydrogens is 668 g/mol. The lowest BCUT2D eigenvalue weighted by molar-refractivity contribution is -0.141. The zero-order chi connectivity index (χ0) is 34.3. The minimum Gasteiger partial charge on any atom is -0.507 e. The first-order valence-corrected chi connectivity index (χ1v) is 18.0. The number of phenols is 1. The van der Waals surface area contributed by atoms with Crippen molar-refractivity contribution in [1.82, 2.24) is 4.90 Å². The molecule has 4 amide bonds. The van der Waals surface area contributed by atoms with Gasteiger partial charge in [0.15, 0.2) is 0 Å². The molecule has 0 unspecified atom stereocenters. The first-order chi connectivity index (χ1) is 24.3. The Kier molecular flexibility index (Phi) is 7.13. The van der Waals surface area contributed by atoms with E-state index in [1.165, 1.54) is 21.1 Å². The molecule has 0 spiro atoms. The lowest BCUT2D eigenvalue weighted by atomic mass is 9.49. The minimum absolute atomic E-state index is 0.106. The van der Waals surface area contributed by atoms with E-state index in [0.29, 0.717) is 28.1 Å². The molecule has 2 aliphatic carbocycles. The number of carbonyl (C=O) groups excluding carboxylic acids is 4. The molecule has 7 nitrogen and oxygen atoms in total. The topological polar surface area (TPSA) is 95.0 Å². The average molecular weight is 699 g/mol. The van der Waals surface area contributed by atoms with Crippen molar-refractivity contribution >= 4 is 63.0 Å². The number of nitrogens with zero attached hydrogens (tertiary/aromatic N) is 2. The maximum atomic E-state index is 15.5. The summed E-state index contributed by atoms with van der Waals surface area (Å²) in [5.41, 5.74) is 1.36. The second-order valence-electron chi connectivity index (χ2n) is 13.7. The molecule has 0 bridgehead atoms. The van der Waals surface area contributed by atoms with E-state index in [-0.39, 0.29) is 42.3 Å². The summed E-state index contributed by atoms with van der Waals surface area (Å²) in [6.45, 7) is 0.216. The summed E-state index contributed by atoms with van der Waals surface area (Å²) < 4.78 is 0. The zero-order valence-electron chi connectivity index (χ0n) is 26.7. The number of hydrogen-bond donors (Lipinski definition) is 1. The summed E-state index contributed by atoms with van der Waals surface area (Å²) in [6, 6.07) is 31.1. The van der Waals surface area contributed by atoms with Gasteiger partial charge in [-0.1, -0.05) is 96.0 Å². The molecule has 50 heavy (non-hydrogen) atoms. The van der Waals surface area contributed by atoms with Gasteiger partial charge >= 0.3 is 0 Å². The van der Waals surface area contributed by atoms with Crippen molar-refractivity contribution in [2.75, 3.05) is 4.90 Å². The lowest BCUT2D eigenvalue weighted by Crippen LogP contribution is -2.53. The van der Waals surface area contributed by atoms with Crippen molar-refractivity contribution in [3.63, 3.8) is 0 Å². The predicted octanol–water partition coefficient (Wildman–Crippen LogP) is 7.62. The van der Waals surface area contributed by atoms with E-state index in [1.54, 1.807) is 30.3 Å². The fourth-order valence-corrected chi connectivity index (χ4v) is 10.3. The van der Waals surface area contributed by atoms with E-state index < -0.39 is 35.0 Å². The molecule has 1 aromatic heterocycles. The Morgan fingerprint density at radius 2 is 1.58 bits per heavy atom.